The van der Waals surface area contributed by atoms with Gasteiger partial charge in [0.05, 0.1) is 5.88 Å². The summed E-state index contributed by atoms with van der Waals surface area (Å²) < 4.78 is 0.773. The molecule has 0 radical (unpaired) electrons. The fourth-order valence-corrected chi connectivity index (χ4v) is 2.48. The van der Waals surface area contributed by atoms with Crippen molar-refractivity contribution in [2.75, 3.05) is 5.88 Å². The predicted octanol–water partition coefficient (Wildman–Crippen LogP) is 2.83. The number of hydrogen-bond donors (Lipinski definition) is 0. The fourth-order valence-electron chi connectivity index (χ4n) is 1.26. The summed E-state index contributed by atoms with van der Waals surface area (Å²) in [6, 6.07) is 3.37. The highest BCUT2D eigenvalue weighted by Crippen LogP contribution is 2.19. The van der Waals surface area contributed by atoms with Crippen LogP contribution in [0.5, 0.6) is 0 Å². The summed E-state index contributed by atoms with van der Waals surface area (Å²) in [6.07, 6.45) is 0.768. The van der Waals surface area contributed by atoms with Gasteiger partial charge >= 0.3 is 0 Å². The predicted molar refractivity (Wildman–Crippen MR) is 64.3 cm³/mol. The van der Waals surface area contributed by atoms with Crippen LogP contribution >= 0.6 is 34.2 Å². The van der Waals surface area contributed by atoms with E-state index in [1.807, 2.05) is 22.6 Å². The number of carbonyl (C=O) groups excluding carboxylic acids is 2. The lowest BCUT2D eigenvalue weighted by molar-refractivity contribution is 0.101. The Hall–Kier alpha value is -0.420. The lowest BCUT2D eigenvalue weighted by atomic mass is 10.0. The number of hydrogen-bond acceptors (Lipinski definition) is 2. The molecule has 4 heteroatoms. The summed E-state index contributed by atoms with van der Waals surface area (Å²) in [5, 5.41) is 0. The molecule has 0 amide bonds. The molecule has 0 saturated carbocycles. The topological polar surface area (TPSA) is 34.1 Å². The first-order chi connectivity index (χ1) is 6.60. The third-order valence-electron chi connectivity index (χ3n) is 1.85. The Kier molecular flexibility index (Phi) is 4.07. The lowest BCUT2D eigenvalue weighted by Gasteiger charge is -2.06. The Balaban J connectivity index is 3.31. The third-order valence-corrected chi connectivity index (χ3v) is 2.94. The highest BCUT2D eigenvalue weighted by Gasteiger charge is 2.12. The van der Waals surface area contributed by atoms with Crippen LogP contribution in [-0.4, -0.2) is 17.9 Å². The second-order valence-electron chi connectivity index (χ2n) is 2.87. The molecule has 0 aliphatic rings. The summed E-state index contributed by atoms with van der Waals surface area (Å²) in [5.41, 5.74) is 1.99. The van der Waals surface area contributed by atoms with Crippen molar-refractivity contribution in [3.8, 4) is 0 Å². The Labute approximate surface area is 101 Å². The van der Waals surface area contributed by atoms with Gasteiger partial charge in [0, 0.05) is 14.7 Å². The molecule has 1 aromatic rings. The molecule has 0 atom stereocenters. The number of ketones is 1. The summed E-state index contributed by atoms with van der Waals surface area (Å²) >= 11 is 7.52. The van der Waals surface area contributed by atoms with Gasteiger partial charge in [0.15, 0.2) is 5.78 Å². The molecule has 0 saturated heterocycles. The van der Waals surface area contributed by atoms with Crippen molar-refractivity contribution in [2.24, 2.45) is 0 Å². The number of alkyl halides is 1. The molecule has 0 unspecified atom stereocenters. The SMILES string of the molecule is Cc1cc(C=O)cc(I)c1C(=O)CCl. The van der Waals surface area contributed by atoms with Crippen molar-refractivity contribution in [3.63, 3.8) is 0 Å². The first kappa shape index (κ1) is 11.7. The average molecular weight is 323 g/mol. The standard InChI is InChI=1S/C10H8ClIO2/c1-6-2-7(5-13)3-8(12)10(6)9(14)4-11/h2-3,5H,4H2,1H3. The van der Waals surface area contributed by atoms with E-state index < -0.39 is 0 Å². The summed E-state index contributed by atoms with van der Waals surface area (Å²) in [6.45, 7) is 1.80. The van der Waals surface area contributed by atoms with Crippen molar-refractivity contribution < 1.29 is 9.59 Å². The van der Waals surface area contributed by atoms with E-state index in [-0.39, 0.29) is 11.7 Å². The molecule has 0 aromatic heterocycles. The number of aryl methyl sites for hydroxylation is 1. The maximum atomic E-state index is 11.4. The zero-order valence-corrected chi connectivity index (χ0v) is 10.4. The molecule has 1 aromatic carbocycles. The second-order valence-corrected chi connectivity index (χ2v) is 4.30. The molecular weight excluding hydrogens is 314 g/mol. The monoisotopic (exact) mass is 322 g/mol. The van der Waals surface area contributed by atoms with Crippen LogP contribution in [0.3, 0.4) is 0 Å². The molecule has 0 spiro atoms. The molecule has 0 bridgehead atoms. The summed E-state index contributed by atoms with van der Waals surface area (Å²) in [7, 11) is 0. The van der Waals surface area contributed by atoms with Crippen LogP contribution in [0.4, 0.5) is 0 Å². The minimum Gasteiger partial charge on any atom is -0.298 e. The van der Waals surface area contributed by atoms with Crippen LogP contribution in [0, 0.1) is 10.5 Å². The van der Waals surface area contributed by atoms with Gasteiger partial charge in [0.1, 0.15) is 6.29 Å². The Morgan fingerprint density at radius 2 is 2.21 bits per heavy atom. The van der Waals surface area contributed by atoms with Crippen molar-refractivity contribution in [1.29, 1.82) is 0 Å². The van der Waals surface area contributed by atoms with Crippen LogP contribution in [0.2, 0.25) is 0 Å². The van der Waals surface area contributed by atoms with E-state index in [0.717, 1.165) is 15.4 Å². The van der Waals surface area contributed by atoms with E-state index in [4.69, 9.17) is 11.6 Å². The zero-order chi connectivity index (χ0) is 10.7. The van der Waals surface area contributed by atoms with Crippen LogP contribution < -0.4 is 0 Å². The van der Waals surface area contributed by atoms with Gasteiger partial charge in [-0.2, -0.15) is 0 Å². The van der Waals surface area contributed by atoms with Crippen LogP contribution in [0.25, 0.3) is 0 Å². The smallest absolute Gasteiger partial charge is 0.178 e. The van der Waals surface area contributed by atoms with E-state index in [2.05, 4.69) is 0 Å². The first-order valence-electron chi connectivity index (χ1n) is 3.94. The minimum atomic E-state index is -0.106. The number of Topliss-reactive ketones (excluding diaryl/α,β-unsaturated/α-hetero) is 1. The molecule has 0 N–H and O–H groups in total. The van der Waals surface area contributed by atoms with E-state index in [9.17, 15) is 9.59 Å². The van der Waals surface area contributed by atoms with Gasteiger partial charge in [0.2, 0.25) is 0 Å². The van der Waals surface area contributed by atoms with Crippen molar-refractivity contribution in [2.45, 2.75) is 6.92 Å². The van der Waals surface area contributed by atoms with Gasteiger partial charge < -0.3 is 0 Å². The third kappa shape index (κ3) is 2.33. The molecule has 14 heavy (non-hydrogen) atoms. The molecule has 1 rings (SSSR count). The lowest BCUT2D eigenvalue weighted by Crippen LogP contribution is -2.06. The van der Waals surface area contributed by atoms with Gasteiger partial charge in [-0.25, -0.2) is 0 Å². The van der Waals surface area contributed by atoms with E-state index in [1.54, 1.807) is 19.1 Å². The largest absolute Gasteiger partial charge is 0.298 e. The van der Waals surface area contributed by atoms with E-state index in [0.29, 0.717) is 11.1 Å². The Bertz CT molecular complexity index is 365. The number of halogens is 2. The average Bonchev–Trinajstić information content (AvgIpc) is 2.16. The van der Waals surface area contributed by atoms with Gasteiger partial charge in [-0.05, 0) is 47.2 Å². The number of rotatable bonds is 3. The van der Waals surface area contributed by atoms with Gasteiger partial charge in [0.25, 0.3) is 0 Å². The van der Waals surface area contributed by atoms with Crippen molar-refractivity contribution >= 4 is 46.3 Å². The Morgan fingerprint density at radius 1 is 1.57 bits per heavy atom. The number of benzene rings is 1. The van der Waals surface area contributed by atoms with E-state index in [1.165, 1.54) is 0 Å². The molecule has 2 nitrogen and oxygen atoms in total. The number of aldehydes is 1. The molecule has 74 valence electrons. The number of carbonyl (C=O) groups is 2. The summed E-state index contributed by atoms with van der Waals surface area (Å²) in [5.74, 6) is -0.136. The normalized spacial score (nSPS) is 9.93. The van der Waals surface area contributed by atoms with E-state index >= 15 is 0 Å². The highest BCUT2D eigenvalue weighted by molar-refractivity contribution is 14.1. The zero-order valence-electron chi connectivity index (χ0n) is 7.51. The van der Waals surface area contributed by atoms with Crippen LogP contribution in [0.15, 0.2) is 12.1 Å². The van der Waals surface area contributed by atoms with Crippen molar-refractivity contribution in [1.82, 2.24) is 0 Å². The second kappa shape index (κ2) is 4.89. The van der Waals surface area contributed by atoms with Crippen molar-refractivity contribution in [3.05, 3.63) is 32.4 Å². The molecule has 0 aliphatic heterocycles. The quantitative estimate of drug-likeness (QED) is 0.371. The summed E-state index contributed by atoms with van der Waals surface area (Å²) in [4.78, 5) is 22.0. The molecule has 0 fully saturated rings. The maximum Gasteiger partial charge on any atom is 0.178 e. The molecular formula is C10H8ClIO2. The van der Waals surface area contributed by atoms with Gasteiger partial charge in [-0.15, -0.1) is 11.6 Å². The van der Waals surface area contributed by atoms with Gasteiger partial charge in [-0.3, -0.25) is 9.59 Å². The molecule has 0 heterocycles. The molecule has 0 aliphatic carbocycles. The van der Waals surface area contributed by atoms with Gasteiger partial charge in [-0.1, -0.05) is 0 Å². The minimum absolute atomic E-state index is 0.0305. The highest BCUT2D eigenvalue weighted by atomic mass is 127. The van der Waals surface area contributed by atoms with Crippen LogP contribution in [0.1, 0.15) is 26.3 Å². The van der Waals surface area contributed by atoms with Crippen LogP contribution in [-0.2, 0) is 0 Å². The first-order valence-corrected chi connectivity index (χ1v) is 5.56. The fraction of sp³-hybridized carbons (Fsp3) is 0.200. The maximum absolute atomic E-state index is 11.4. The Morgan fingerprint density at radius 3 is 2.64 bits per heavy atom.